The standard InChI is InChI=1S/C18H16FN3O3/c19-14-3-1-12(2-4-14)16-10-21-18(25-16)6-5-17(24)22-15-9-20-8-7-13(15)11-23/h1-4,7-10,23H,5-6,11H2,(H,22,24). The number of anilines is 1. The van der Waals surface area contributed by atoms with Gasteiger partial charge in [0.05, 0.1) is 24.7 Å². The smallest absolute Gasteiger partial charge is 0.224 e. The van der Waals surface area contributed by atoms with Crippen LogP contribution in [0.3, 0.4) is 0 Å². The molecule has 0 spiro atoms. The summed E-state index contributed by atoms with van der Waals surface area (Å²) in [5, 5.41) is 11.9. The predicted molar refractivity (Wildman–Crippen MR) is 89.0 cm³/mol. The number of halogens is 1. The molecule has 0 unspecified atom stereocenters. The molecule has 2 N–H and O–H groups in total. The van der Waals surface area contributed by atoms with Crippen LogP contribution in [0, 0.1) is 5.82 Å². The van der Waals surface area contributed by atoms with Crippen LogP contribution in [0.5, 0.6) is 0 Å². The largest absolute Gasteiger partial charge is 0.441 e. The van der Waals surface area contributed by atoms with E-state index in [0.29, 0.717) is 34.9 Å². The fraction of sp³-hybridized carbons (Fsp3) is 0.167. The van der Waals surface area contributed by atoms with Gasteiger partial charge in [-0.3, -0.25) is 9.78 Å². The fourth-order valence-corrected chi connectivity index (χ4v) is 2.28. The van der Waals surface area contributed by atoms with Gasteiger partial charge in [0, 0.05) is 30.2 Å². The van der Waals surface area contributed by atoms with E-state index in [9.17, 15) is 14.3 Å². The Kier molecular flexibility index (Phi) is 5.15. The number of hydrogen-bond acceptors (Lipinski definition) is 5. The van der Waals surface area contributed by atoms with Crippen LogP contribution in [0.15, 0.2) is 53.3 Å². The number of aryl methyl sites for hydroxylation is 1. The van der Waals surface area contributed by atoms with Crippen molar-refractivity contribution < 1.29 is 18.7 Å². The Balaban J connectivity index is 1.58. The van der Waals surface area contributed by atoms with Gasteiger partial charge in [-0.05, 0) is 30.3 Å². The molecule has 0 saturated heterocycles. The van der Waals surface area contributed by atoms with E-state index in [2.05, 4.69) is 15.3 Å². The maximum Gasteiger partial charge on any atom is 0.224 e. The van der Waals surface area contributed by atoms with Crippen molar-refractivity contribution in [2.75, 3.05) is 5.32 Å². The van der Waals surface area contributed by atoms with Crippen LogP contribution in [-0.2, 0) is 17.8 Å². The number of carbonyl (C=O) groups is 1. The zero-order chi connectivity index (χ0) is 17.6. The summed E-state index contributed by atoms with van der Waals surface area (Å²) in [6.07, 6.45) is 5.07. The van der Waals surface area contributed by atoms with Crippen LogP contribution in [0.25, 0.3) is 11.3 Å². The first-order valence-electron chi connectivity index (χ1n) is 7.70. The lowest BCUT2D eigenvalue weighted by Gasteiger charge is -2.07. The number of pyridine rings is 1. The highest BCUT2D eigenvalue weighted by Crippen LogP contribution is 2.21. The first kappa shape index (κ1) is 16.8. The van der Waals surface area contributed by atoms with Gasteiger partial charge in [0.25, 0.3) is 0 Å². The molecule has 25 heavy (non-hydrogen) atoms. The van der Waals surface area contributed by atoms with E-state index < -0.39 is 0 Å². The van der Waals surface area contributed by atoms with Gasteiger partial charge in [-0.1, -0.05) is 0 Å². The average molecular weight is 341 g/mol. The minimum Gasteiger partial charge on any atom is -0.441 e. The van der Waals surface area contributed by atoms with Crippen LogP contribution in [0.1, 0.15) is 17.9 Å². The zero-order valence-corrected chi connectivity index (χ0v) is 13.3. The van der Waals surface area contributed by atoms with E-state index in [-0.39, 0.29) is 24.8 Å². The minimum absolute atomic E-state index is 0.170. The minimum atomic E-state index is -0.321. The number of aliphatic hydroxyl groups is 1. The van der Waals surface area contributed by atoms with Gasteiger partial charge >= 0.3 is 0 Å². The summed E-state index contributed by atoms with van der Waals surface area (Å²) >= 11 is 0. The first-order valence-corrected chi connectivity index (χ1v) is 7.70. The maximum atomic E-state index is 12.9. The number of aromatic nitrogens is 2. The summed E-state index contributed by atoms with van der Waals surface area (Å²) in [5.41, 5.74) is 1.79. The number of nitrogens with zero attached hydrogens (tertiary/aromatic N) is 2. The molecular weight excluding hydrogens is 325 g/mol. The Hall–Kier alpha value is -3.06. The van der Waals surface area contributed by atoms with Gasteiger partial charge in [0.1, 0.15) is 5.82 Å². The molecule has 128 valence electrons. The quantitative estimate of drug-likeness (QED) is 0.720. The van der Waals surface area contributed by atoms with Gasteiger partial charge in [-0.2, -0.15) is 0 Å². The first-order chi connectivity index (χ1) is 12.2. The van der Waals surface area contributed by atoms with Crippen LogP contribution < -0.4 is 5.32 Å². The van der Waals surface area contributed by atoms with Crippen molar-refractivity contribution in [2.45, 2.75) is 19.4 Å². The molecule has 0 aliphatic heterocycles. The van der Waals surface area contributed by atoms with Crippen molar-refractivity contribution in [3.8, 4) is 11.3 Å². The topological polar surface area (TPSA) is 88.3 Å². The Morgan fingerprint density at radius 2 is 2.00 bits per heavy atom. The van der Waals surface area contributed by atoms with E-state index in [1.807, 2.05) is 0 Å². The predicted octanol–water partition coefficient (Wildman–Crippen LogP) is 2.94. The molecule has 0 saturated carbocycles. The van der Waals surface area contributed by atoms with E-state index in [1.165, 1.54) is 18.3 Å². The third kappa shape index (κ3) is 4.27. The van der Waals surface area contributed by atoms with E-state index >= 15 is 0 Å². The molecule has 3 aromatic rings. The van der Waals surface area contributed by atoms with E-state index in [1.54, 1.807) is 30.6 Å². The van der Waals surface area contributed by atoms with Gasteiger partial charge < -0.3 is 14.8 Å². The van der Waals surface area contributed by atoms with Crippen molar-refractivity contribution in [1.82, 2.24) is 9.97 Å². The molecule has 0 aliphatic carbocycles. The molecule has 6 nitrogen and oxygen atoms in total. The van der Waals surface area contributed by atoms with E-state index in [0.717, 1.165) is 0 Å². The molecule has 0 bridgehead atoms. The molecule has 0 aliphatic rings. The average Bonchev–Trinajstić information content (AvgIpc) is 3.10. The molecule has 0 radical (unpaired) electrons. The number of benzene rings is 1. The number of aliphatic hydroxyl groups excluding tert-OH is 1. The molecule has 2 heterocycles. The second-order valence-corrected chi connectivity index (χ2v) is 5.36. The van der Waals surface area contributed by atoms with Crippen LogP contribution in [0.4, 0.5) is 10.1 Å². The van der Waals surface area contributed by atoms with Crippen molar-refractivity contribution >= 4 is 11.6 Å². The Bertz CT molecular complexity index is 862. The molecule has 2 aromatic heterocycles. The second kappa shape index (κ2) is 7.67. The van der Waals surface area contributed by atoms with Gasteiger partial charge in [-0.15, -0.1) is 0 Å². The fourth-order valence-electron chi connectivity index (χ4n) is 2.28. The molecule has 0 atom stereocenters. The molecule has 1 aromatic carbocycles. The maximum absolute atomic E-state index is 12.9. The number of amides is 1. The molecule has 1 amide bonds. The van der Waals surface area contributed by atoms with Crippen LogP contribution in [-0.4, -0.2) is 21.0 Å². The number of hydrogen-bond donors (Lipinski definition) is 2. The summed E-state index contributed by atoms with van der Waals surface area (Å²) in [6.45, 7) is -0.182. The summed E-state index contributed by atoms with van der Waals surface area (Å²) in [4.78, 5) is 20.1. The highest BCUT2D eigenvalue weighted by atomic mass is 19.1. The van der Waals surface area contributed by atoms with Crippen molar-refractivity contribution in [2.24, 2.45) is 0 Å². The van der Waals surface area contributed by atoms with Gasteiger partial charge in [0.15, 0.2) is 11.7 Å². The summed E-state index contributed by atoms with van der Waals surface area (Å²) in [6, 6.07) is 7.53. The molecular formula is C18H16FN3O3. The lowest BCUT2D eigenvalue weighted by molar-refractivity contribution is -0.116. The number of carbonyl (C=O) groups excluding carboxylic acids is 1. The van der Waals surface area contributed by atoms with Gasteiger partial charge in [0.2, 0.25) is 5.91 Å². The number of oxazole rings is 1. The monoisotopic (exact) mass is 341 g/mol. The Morgan fingerprint density at radius 1 is 1.20 bits per heavy atom. The van der Waals surface area contributed by atoms with E-state index in [4.69, 9.17) is 4.42 Å². The summed E-state index contributed by atoms with van der Waals surface area (Å²) < 4.78 is 18.5. The lowest BCUT2D eigenvalue weighted by atomic mass is 10.2. The number of nitrogens with one attached hydrogen (secondary N) is 1. The van der Waals surface area contributed by atoms with Crippen LogP contribution >= 0.6 is 0 Å². The molecule has 3 rings (SSSR count). The molecule has 0 fully saturated rings. The van der Waals surface area contributed by atoms with Crippen LogP contribution in [0.2, 0.25) is 0 Å². The number of rotatable bonds is 6. The van der Waals surface area contributed by atoms with Crippen molar-refractivity contribution in [1.29, 1.82) is 0 Å². The normalized spacial score (nSPS) is 10.6. The lowest BCUT2D eigenvalue weighted by Crippen LogP contribution is -2.14. The van der Waals surface area contributed by atoms with Crippen molar-refractivity contribution in [3.63, 3.8) is 0 Å². The highest BCUT2D eigenvalue weighted by molar-refractivity contribution is 5.91. The highest BCUT2D eigenvalue weighted by Gasteiger charge is 2.11. The molecule has 7 heteroatoms. The third-order valence-electron chi connectivity index (χ3n) is 3.60. The SMILES string of the molecule is O=C(CCc1ncc(-c2ccc(F)cc2)o1)Nc1cnccc1CO. The zero-order valence-electron chi connectivity index (χ0n) is 13.3. The third-order valence-corrected chi connectivity index (χ3v) is 3.60. The van der Waals surface area contributed by atoms with Crippen molar-refractivity contribution in [3.05, 3.63) is 66.2 Å². The van der Waals surface area contributed by atoms with Gasteiger partial charge in [-0.25, -0.2) is 9.37 Å². The summed E-state index contributed by atoms with van der Waals surface area (Å²) in [7, 11) is 0. The second-order valence-electron chi connectivity index (χ2n) is 5.36. The Labute approximate surface area is 143 Å². The Morgan fingerprint density at radius 3 is 2.76 bits per heavy atom. The summed E-state index contributed by atoms with van der Waals surface area (Å²) in [5.74, 6) is 0.385.